The first kappa shape index (κ1) is 13.6. The monoisotopic (exact) mass is 291 g/mol. The number of imidazole rings is 1. The molecular formula is C15H12F3N3. The average Bonchev–Trinajstić information content (AvgIpc) is 2.85. The van der Waals surface area contributed by atoms with E-state index >= 15 is 0 Å². The molecule has 0 aliphatic rings. The summed E-state index contributed by atoms with van der Waals surface area (Å²) >= 11 is 0. The van der Waals surface area contributed by atoms with Gasteiger partial charge in [-0.15, -0.1) is 0 Å². The van der Waals surface area contributed by atoms with Crippen LogP contribution in [-0.4, -0.2) is 9.38 Å². The summed E-state index contributed by atoms with van der Waals surface area (Å²) < 4.78 is 39.6. The standard InChI is InChI=1S/C15H12F3N3/c16-15(17,18)11-6-4-10(5-7-11)14-20-12(9-19)13-3-1-2-8-21(13)14/h1-8H,9,19H2. The summed E-state index contributed by atoms with van der Waals surface area (Å²) in [6.07, 6.45) is -2.52. The Morgan fingerprint density at radius 2 is 1.76 bits per heavy atom. The lowest BCUT2D eigenvalue weighted by Gasteiger charge is -2.07. The maximum Gasteiger partial charge on any atom is 0.416 e. The summed E-state index contributed by atoms with van der Waals surface area (Å²) in [6, 6.07) is 10.5. The number of fused-ring (bicyclic) bond motifs is 1. The molecule has 0 spiro atoms. The van der Waals surface area contributed by atoms with Crippen LogP contribution >= 0.6 is 0 Å². The minimum atomic E-state index is -4.34. The van der Waals surface area contributed by atoms with E-state index < -0.39 is 11.7 Å². The summed E-state index contributed by atoms with van der Waals surface area (Å²) in [6.45, 7) is 0.272. The average molecular weight is 291 g/mol. The van der Waals surface area contributed by atoms with Crippen LogP contribution in [0.3, 0.4) is 0 Å². The number of halogens is 3. The lowest BCUT2D eigenvalue weighted by molar-refractivity contribution is -0.137. The van der Waals surface area contributed by atoms with Gasteiger partial charge in [-0.1, -0.05) is 18.2 Å². The Morgan fingerprint density at radius 3 is 2.38 bits per heavy atom. The van der Waals surface area contributed by atoms with E-state index in [0.717, 1.165) is 17.6 Å². The highest BCUT2D eigenvalue weighted by molar-refractivity contribution is 5.65. The summed E-state index contributed by atoms with van der Waals surface area (Å²) in [5.74, 6) is 0.583. The molecule has 0 aliphatic heterocycles. The first-order valence-corrected chi connectivity index (χ1v) is 6.34. The van der Waals surface area contributed by atoms with Gasteiger partial charge >= 0.3 is 6.18 Å². The molecule has 108 valence electrons. The number of aromatic nitrogens is 2. The van der Waals surface area contributed by atoms with Gasteiger partial charge in [-0.25, -0.2) is 4.98 Å². The maximum absolute atomic E-state index is 12.6. The van der Waals surface area contributed by atoms with E-state index in [1.807, 2.05) is 28.8 Å². The van der Waals surface area contributed by atoms with Crippen molar-refractivity contribution in [1.82, 2.24) is 9.38 Å². The third kappa shape index (κ3) is 2.38. The summed E-state index contributed by atoms with van der Waals surface area (Å²) in [5.41, 5.74) is 7.17. The zero-order valence-electron chi connectivity index (χ0n) is 10.9. The van der Waals surface area contributed by atoms with Crippen LogP contribution in [0.15, 0.2) is 48.7 Å². The Balaban J connectivity index is 2.12. The van der Waals surface area contributed by atoms with Gasteiger partial charge in [-0.3, -0.25) is 4.40 Å². The third-order valence-electron chi connectivity index (χ3n) is 3.29. The Bertz CT molecular complexity index is 773. The zero-order chi connectivity index (χ0) is 15.0. The minimum absolute atomic E-state index is 0.272. The fraction of sp³-hybridized carbons (Fsp3) is 0.133. The van der Waals surface area contributed by atoms with Gasteiger partial charge in [0.1, 0.15) is 5.82 Å². The van der Waals surface area contributed by atoms with Crippen molar-refractivity contribution in [3.8, 4) is 11.4 Å². The molecule has 3 rings (SSSR count). The smallest absolute Gasteiger partial charge is 0.325 e. The molecule has 0 fully saturated rings. The van der Waals surface area contributed by atoms with Crippen LogP contribution in [0.4, 0.5) is 13.2 Å². The van der Waals surface area contributed by atoms with Crippen molar-refractivity contribution in [3.05, 3.63) is 59.9 Å². The van der Waals surface area contributed by atoms with Crippen molar-refractivity contribution in [1.29, 1.82) is 0 Å². The van der Waals surface area contributed by atoms with E-state index in [2.05, 4.69) is 4.98 Å². The molecule has 0 unspecified atom stereocenters. The normalized spacial score (nSPS) is 12.0. The molecule has 0 radical (unpaired) electrons. The molecule has 0 atom stereocenters. The second-order valence-corrected chi connectivity index (χ2v) is 4.62. The molecule has 21 heavy (non-hydrogen) atoms. The molecule has 0 amide bonds. The summed E-state index contributed by atoms with van der Waals surface area (Å²) in [7, 11) is 0. The second kappa shape index (κ2) is 4.89. The molecule has 3 aromatic rings. The van der Waals surface area contributed by atoms with Gasteiger partial charge in [0.15, 0.2) is 0 Å². The highest BCUT2D eigenvalue weighted by Gasteiger charge is 2.30. The molecule has 2 N–H and O–H groups in total. The number of benzene rings is 1. The van der Waals surface area contributed by atoms with Crippen molar-refractivity contribution >= 4 is 5.52 Å². The highest BCUT2D eigenvalue weighted by Crippen LogP contribution is 2.31. The van der Waals surface area contributed by atoms with E-state index in [-0.39, 0.29) is 6.54 Å². The SMILES string of the molecule is NCc1nc(-c2ccc(C(F)(F)F)cc2)n2ccccc12. The van der Waals surface area contributed by atoms with Crippen molar-refractivity contribution in [3.63, 3.8) is 0 Å². The third-order valence-corrected chi connectivity index (χ3v) is 3.29. The van der Waals surface area contributed by atoms with Crippen LogP contribution in [0.25, 0.3) is 16.9 Å². The van der Waals surface area contributed by atoms with Gasteiger partial charge in [-0.2, -0.15) is 13.2 Å². The minimum Gasteiger partial charge on any atom is -0.325 e. The van der Waals surface area contributed by atoms with Crippen LogP contribution < -0.4 is 5.73 Å². The van der Waals surface area contributed by atoms with Crippen LogP contribution in [0.1, 0.15) is 11.3 Å². The van der Waals surface area contributed by atoms with Gasteiger partial charge in [0.2, 0.25) is 0 Å². The molecule has 0 saturated heterocycles. The molecular weight excluding hydrogens is 279 g/mol. The molecule has 0 aliphatic carbocycles. The predicted molar refractivity (Wildman–Crippen MR) is 73.5 cm³/mol. The van der Waals surface area contributed by atoms with Crippen LogP contribution in [0.5, 0.6) is 0 Å². The number of rotatable bonds is 2. The van der Waals surface area contributed by atoms with E-state index in [1.165, 1.54) is 12.1 Å². The number of hydrogen-bond donors (Lipinski definition) is 1. The maximum atomic E-state index is 12.6. The Labute approximate surface area is 118 Å². The number of nitrogens with two attached hydrogens (primary N) is 1. The molecule has 0 bridgehead atoms. The fourth-order valence-corrected chi connectivity index (χ4v) is 2.26. The Hall–Kier alpha value is -2.34. The number of hydrogen-bond acceptors (Lipinski definition) is 2. The Kier molecular flexibility index (Phi) is 3.17. The fourth-order valence-electron chi connectivity index (χ4n) is 2.26. The van der Waals surface area contributed by atoms with Gasteiger partial charge < -0.3 is 5.73 Å². The largest absolute Gasteiger partial charge is 0.416 e. The van der Waals surface area contributed by atoms with Gasteiger partial charge in [0.25, 0.3) is 0 Å². The zero-order valence-corrected chi connectivity index (χ0v) is 10.9. The van der Waals surface area contributed by atoms with E-state index in [1.54, 1.807) is 0 Å². The molecule has 2 heterocycles. The van der Waals surface area contributed by atoms with Gasteiger partial charge in [0.05, 0.1) is 16.8 Å². The van der Waals surface area contributed by atoms with Crippen molar-refractivity contribution in [2.45, 2.75) is 12.7 Å². The molecule has 0 saturated carbocycles. The molecule has 1 aromatic carbocycles. The van der Waals surface area contributed by atoms with Gasteiger partial charge in [0, 0.05) is 18.3 Å². The highest BCUT2D eigenvalue weighted by atomic mass is 19.4. The molecule has 6 heteroatoms. The van der Waals surface area contributed by atoms with Crippen molar-refractivity contribution in [2.75, 3.05) is 0 Å². The number of alkyl halides is 3. The second-order valence-electron chi connectivity index (χ2n) is 4.62. The predicted octanol–water partition coefficient (Wildman–Crippen LogP) is 3.48. The van der Waals surface area contributed by atoms with Crippen LogP contribution in [0.2, 0.25) is 0 Å². The van der Waals surface area contributed by atoms with E-state index in [0.29, 0.717) is 17.1 Å². The topological polar surface area (TPSA) is 43.3 Å². The first-order valence-electron chi connectivity index (χ1n) is 6.34. The first-order chi connectivity index (χ1) is 10.0. The Morgan fingerprint density at radius 1 is 1.05 bits per heavy atom. The number of nitrogens with zero attached hydrogens (tertiary/aromatic N) is 2. The molecule has 2 aromatic heterocycles. The quantitative estimate of drug-likeness (QED) is 0.785. The summed E-state index contributed by atoms with van der Waals surface area (Å²) in [5, 5.41) is 0. The lowest BCUT2D eigenvalue weighted by atomic mass is 10.1. The van der Waals surface area contributed by atoms with Crippen molar-refractivity contribution < 1.29 is 13.2 Å². The molecule has 3 nitrogen and oxygen atoms in total. The van der Waals surface area contributed by atoms with Crippen LogP contribution in [-0.2, 0) is 12.7 Å². The number of pyridine rings is 1. The van der Waals surface area contributed by atoms with Crippen molar-refractivity contribution in [2.24, 2.45) is 5.73 Å². The summed E-state index contributed by atoms with van der Waals surface area (Å²) in [4.78, 5) is 4.43. The van der Waals surface area contributed by atoms with E-state index in [9.17, 15) is 13.2 Å². The van der Waals surface area contributed by atoms with Crippen LogP contribution in [0, 0.1) is 0 Å². The van der Waals surface area contributed by atoms with Gasteiger partial charge in [-0.05, 0) is 24.3 Å². The van der Waals surface area contributed by atoms with E-state index in [4.69, 9.17) is 5.73 Å². The lowest BCUT2D eigenvalue weighted by Crippen LogP contribution is -2.04.